The monoisotopic (exact) mass is 304 g/mol. The molecule has 0 radical (unpaired) electrons. The minimum absolute atomic E-state index is 0.00727. The molecule has 0 saturated carbocycles. The predicted octanol–water partition coefficient (Wildman–Crippen LogP) is 4.52. The van der Waals surface area contributed by atoms with Gasteiger partial charge in [-0.25, -0.2) is 4.79 Å². The highest BCUT2D eigenvalue weighted by molar-refractivity contribution is 5.91. The molecule has 1 saturated heterocycles. The lowest BCUT2D eigenvalue weighted by molar-refractivity contribution is 0.160. The molecule has 0 spiro atoms. The lowest BCUT2D eigenvalue weighted by Crippen LogP contribution is -2.45. The van der Waals surface area contributed by atoms with Gasteiger partial charge in [0.1, 0.15) is 5.75 Å². The van der Waals surface area contributed by atoms with Gasteiger partial charge in [-0.2, -0.15) is 0 Å². The minimum atomic E-state index is -0.00727. The summed E-state index contributed by atoms with van der Waals surface area (Å²) >= 11 is 0. The topological polar surface area (TPSA) is 41.6 Å². The molecular formula is C18H28N2O2. The second kappa shape index (κ2) is 8.06. The van der Waals surface area contributed by atoms with E-state index in [1.807, 2.05) is 29.2 Å². The zero-order valence-electron chi connectivity index (χ0n) is 14.0. The summed E-state index contributed by atoms with van der Waals surface area (Å²) in [6, 6.07) is 8.01. The van der Waals surface area contributed by atoms with E-state index in [0.717, 1.165) is 37.2 Å². The van der Waals surface area contributed by atoms with Crippen molar-refractivity contribution in [1.82, 2.24) is 4.90 Å². The number of rotatable bonds is 5. The number of carbonyl (C=O) groups excluding carboxylic acids is 1. The molecule has 122 valence electrons. The van der Waals surface area contributed by atoms with Crippen LogP contribution in [0.3, 0.4) is 0 Å². The van der Waals surface area contributed by atoms with E-state index in [-0.39, 0.29) is 6.03 Å². The van der Waals surface area contributed by atoms with Gasteiger partial charge in [0.05, 0.1) is 12.3 Å². The average Bonchev–Trinajstić information content (AvgIpc) is 2.53. The van der Waals surface area contributed by atoms with Crippen molar-refractivity contribution in [2.45, 2.75) is 52.5 Å². The van der Waals surface area contributed by atoms with E-state index in [9.17, 15) is 4.79 Å². The van der Waals surface area contributed by atoms with E-state index >= 15 is 0 Å². The van der Waals surface area contributed by atoms with Crippen LogP contribution in [0.1, 0.15) is 46.5 Å². The molecule has 0 bridgehead atoms. The first-order valence-electron chi connectivity index (χ1n) is 8.41. The Hall–Kier alpha value is -1.71. The Bertz CT molecular complexity index is 488. The lowest BCUT2D eigenvalue weighted by Gasteiger charge is -2.35. The maximum atomic E-state index is 12.6. The number of likely N-dealkylation sites (tertiary alicyclic amines) is 1. The molecule has 2 amide bonds. The third-order valence-electron chi connectivity index (χ3n) is 4.06. The van der Waals surface area contributed by atoms with Gasteiger partial charge < -0.3 is 15.0 Å². The molecule has 1 aromatic rings. The number of anilines is 1. The number of urea groups is 1. The second-order valence-electron chi connectivity index (χ2n) is 6.38. The Kier molecular flexibility index (Phi) is 6.10. The number of piperidine rings is 1. The molecule has 0 aromatic heterocycles. The first-order chi connectivity index (χ1) is 10.6. The van der Waals surface area contributed by atoms with Gasteiger partial charge in [-0.15, -0.1) is 0 Å². The summed E-state index contributed by atoms with van der Waals surface area (Å²) in [5.41, 5.74) is 0.758. The summed E-state index contributed by atoms with van der Waals surface area (Å²) in [5.74, 6) is 1.20. The van der Waals surface area contributed by atoms with E-state index < -0.39 is 0 Å². The number of hydrogen-bond acceptors (Lipinski definition) is 2. The van der Waals surface area contributed by atoms with Crippen molar-refractivity contribution in [2.75, 3.05) is 18.5 Å². The van der Waals surface area contributed by atoms with Crippen LogP contribution in [0.5, 0.6) is 5.75 Å². The predicted molar refractivity (Wildman–Crippen MR) is 90.4 cm³/mol. The van der Waals surface area contributed by atoms with Crippen molar-refractivity contribution in [1.29, 1.82) is 0 Å². The molecule has 4 heteroatoms. The quantitative estimate of drug-likeness (QED) is 0.869. The summed E-state index contributed by atoms with van der Waals surface area (Å²) in [6.45, 7) is 7.87. The number of carbonyl (C=O) groups is 1. The summed E-state index contributed by atoms with van der Waals surface area (Å²) in [4.78, 5) is 14.6. The average molecular weight is 304 g/mol. The summed E-state index contributed by atoms with van der Waals surface area (Å²) < 4.78 is 5.81. The van der Waals surface area contributed by atoms with E-state index in [2.05, 4.69) is 26.1 Å². The van der Waals surface area contributed by atoms with Gasteiger partial charge in [-0.05, 0) is 43.7 Å². The van der Waals surface area contributed by atoms with Gasteiger partial charge in [0.25, 0.3) is 0 Å². The zero-order valence-corrected chi connectivity index (χ0v) is 14.0. The number of para-hydroxylation sites is 2. The SMILES string of the molecule is CCC1CCCCN1C(=O)Nc1ccccc1OCC(C)C. The fourth-order valence-electron chi connectivity index (χ4n) is 2.83. The van der Waals surface area contributed by atoms with Crippen LogP contribution in [0.25, 0.3) is 0 Å². The molecule has 1 unspecified atom stereocenters. The first kappa shape index (κ1) is 16.7. The summed E-state index contributed by atoms with van der Waals surface area (Å²) in [7, 11) is 0. The van der Waals surface area contributed by atoms with E-state index in [0.29, 0.717) is 18.6 Å². The molecule has 1 N–H and O–H groups in total. The maximum Gasteiger partial charge on any atom is 0.322 e. The van der Waals surface area contributed by atoms with Crippen LogP contribution in [-0.4, -0.2) is 30.1 Å². The molecule has 1 fully saturated rings. The normalized spacial score (nSPS) is 18.4. The lowest BCUT2D eigenvalue weighted by atomic mass is 10.0. The van der Waals surface area contributed by atoms with Crippen LogP contribution < -0.4 is 10.1 Å². The van der Waals surface area contributed by atoms with Gasteiger partial charge in [-0.1, -0.05) is 32.9 Å². The molecular weight excluding hydrogens is 276 g/mol. The number of hydrogen-bond donors (Lipinski definition) is 1. The van der Waals surface area contributed by atoms with Crippen LogP contribution >= 0.6 is 0 Å². The minimum Gasteiger partial charge on any atom is -0.491 e. The molecule has 1 atom stereocenters. The highest BCUT2D eigenvalue weighted by atomic mass is 16.5. The maximum absolute atomic E-state index is 12.6. The Balaban J connectivity index is 2.04. The molecule has 1 heterocycles. The number of benzene rings is 1. The van der Waals surface area contributed by atoms with Gasteiger partial charge in [0.2, 0.25) is 0 Å². The van der Waals surface area contributed by atoms with Crippen LogP contribution in [0, 0.1) is 5.92 Å². The third-order valence-corrected chi connectivity index (χ3v) is 4.06. The molecule has 1 aliphatic heterocycles. The number of amides is 2. The molecule has 0 aliphatic carbocycles. The van der Waals surface area contributed by atoms with Gasteiger partial charge in [0, 0.05) is 12.6 Å². The number of nitrogens with one attached hydrogen (secondary N) is 1. The zero-order chi connectivity index (χ0) is 15.9. The Labute approximate surface area is 133 Å². The van der Waals surface area contributed by atoms with Crippen molar-refractivity contribution in [3.05, 3.63) is 24.3 Å². The molecule has 1 aromatic carbocycles. The highest BCUT2D eigenvalue weighted by Crippen LogP contribution is 2.26. The van der Waals surface area contributed by atoms with Crippen LogP contribution in [-0.2, 0) is 0 Å². The number of ether oxygens (including phenoxy) is 1. The van der Waals surface area contributed by atoms with Crippen LogP contribution in [0.15, 0.2) is 24.3 Å². The Morgan fingerprint density at radius 2 is 2.14 bits per heavy atom. The second-order valence-corrected chi connectivity index (χ2v) is 6.38. The van der Waals surface area contributed by atoms with Crippen molar-refractivity contribution in [2.24, 2.45) is 5.92 Å². The van der Waals surface area contributed by atoms with Crippen molar-refractivity contribution in [3.8, 4) is 5.75 Å². The summed E-state index contributed by atoms with van der Waals surface area (Å²) in [6.07, 6.45) is 4.43. The van der Waals surface area contributed by atoms with Gasteiger partial charge >= 0.3 is 6.03 Å². The Morgan fingerprint density at radius 1 is 1.36 bits per heavy atom. The molecule has 22 heavy (non-hydrogen) atoms. The van der Waals surface area contributed by atoms with Crippen molar-refractivity contribution >= 4 is 11.7 Å². The largest absolute Gasteiger partial charge is 0.491 e. The summed E-state index contributed by atoms with van der Waals surface area (Å²) in [5, 5.41) is 3.03. The van der Waals surface area contributed by atoms with E-state index in [4.69, 9.17) is 4.74 Å². The molecule has 2 rings (SSSR count). The standard InChI is InChI=1S/C18H28N2O2/c1-4-15-9-7-8-12-20(15)18(21)19-16-10-5-6-11-17(16)22-13-14(2)3/h5-6,10-11,14-15H,4,7-9,12-13H2,1-3H3,(H,19,21). The van der Waals surface area contributed by atoms with Gasteiger partial charge in [0.15, 0.2) is 0 Å². The van der Waals surface area contributed by atoms with E-state index in [1.54, 1.807) is 0 Å². The van der Waals surface area contributed by atoms with Crippen molar-refractivity contribution < 1.29 is 9.53 Å². The van der Waals surface area contributed by atoms with Crippen LogP contribution in [0.2, 0.25) is 0 Å². The smallest absolute Gasteiger partial charge is 0.322 e. The van der Waals surface area contributed by atoms with Crippen molar-refractivity contribution in [3.63, 3.8) is 0 Å². The molecule has 4 nitrogen and oxygen atoms in total. The first-order valence-corrected chi connectivity index (χ1v) is 8.41. The molecule has 1 aliphatic rings. The van der Waals surface area contributed by atoms with Gasteiger partial charge in [-0.3, -0.25) is 0 Å². The fraction of sp³-hybridized carbons (Fsp3) is 0.611. The van der Waals surface area contributed by atoms with Crippen LogP contribution in [0.4, 0.5) is 10.5 Å². The fourth-order valence-corrected chi connectivity index (χ4v) is 2.83. The number of nitrogens with zero attached hydrogens (tertiary/aromatic N) is 1. The Morgan fingerprint density at radius 3 is 2.86 bits per heavy atom. The highest BCUT2D eigenvalue weighted by Gasteiger charge is 2.25. The third kappa shape index (κ3) is 4.39. The van der Waals surface area contributed by atoms with E-state index in [1.165, 1.54) is 6.42 Å².